The molecule has 0 spiro atoms. The first-order valence-corrected chi connectivity index (χ1v) is 7.28. The van der Waals surface area contributed by atoms with Gasteiger partial charge in [-0.25, -0.2) is 14.8 Å². The lowest BCUT2D eigenvalue weighted by atomic mass is 10.2. The Morgan fingerprint density at radius 2 is 2.18 bits per heavy atom. The lowest BCUT2D eigenvalue weighted by Gasteiger charge is -2.09. The maximum Gasteiger partial charge on any atom is 0.354 e. The van der Waals surface area contributed by atoms with Gasteiger partial charge in [-0.05, 0) is 31.9 Å². The molecular weight excluding hydrogens is 282 g/mol. The van der Waals surface area contributed by atoms with Crippen LogP contribution in [0.2, 0.25) is 0 Å². The van der Waals surface area contributed by atoms with Crippen LogP contribution in [0.5, 0.6) is 5.75 Å². The Hall–Kier alpha value is -2.63. The zero-order valence-electron chi connectivity index (χ0n) is 12.2. The fourth-order valence-corrected chi connectivity index (χ4v) is 2.09. The predicted molar refractivity (Wildman–Crippen MR) is 82.2 cm³/mol. The highest BCUT2D eigenvalue weighted by Gasteiger charge is 2.22. The van der Waals surface area contributed by atoms with Gasteiger partial charge in [0.15, 0.2) is 11.5 Å². The zero-order chi connectivity index (χ0) is 15.5. The number of benzene rings is 1. The summed E-state index contributed by atoms with van der Waals surface area (Å²) in [5.74, 6) is 0.570. The van der Waals surface area contributed by atoms with Crippen LogP contribution in [0.1, 0.15) is 30.3 Å². The maximum atomic E-state index is 11.3. The number of hydrogen-bond acceptors (Lipinski definition) is 5. The average Bonchev–Trinajstić information content (AvgIpc) is 3.31. The molecule has 0 bridgehead atoms. The fourth-order valence-electron chi connectivity index (χ4n) is 2.09. The van der Waals surface area contributed by atoms with Gasteiger partial charge in [-0.15, -0.1) is 0 Å². The minimum absolute atomic E-state index is 0.0186. The van der Waals surface area contributed by atoms with Crippen molar-refractivity contribution in [3.63, 3.8) is 0 Å². The highest BCUT2D eigenvalue weighted by atomic mass is 16.5. The molecule has 114 valence electrons. The molecule has 0 atom stereocenters. The molecule has 1 fully saturated rings. The predicted octanol–water partition coefficient (Wildman–Crippen LogP) is 2.81. The molecular formula is C16H17N3O3. The summed E-state index contributed by atoms with van der Waals surface area (Å²) in [6.45, 7) is 2.47. The van der Waals surface area contributed by atoms with E-state index in [-0.39, 0.29) is 5.69 Å². The minimum Gasteiger partial charge on any atom is -0.494 e. The van der Waals surface area contributed by atoms with Gasteiger partial charge in [0.05, 0.1) is 6.61 Å². The number of aromatic nitrogens is 2. The molecule has 1 saturated carbocycles. The molecule has 0 saturated heterocycles. The van der Waals surface area contributed by atoms with Crippen LogP contribution in [0.15, 0.2) is 30.3 Å². The van der Waals surface area contributed by atoms with Crippen LogP contribution in [-0.2, 0) is 0 Å². The smallest absolute Gasteiger partial charge is 0.354 e. The van der Waals surface area contributed by atoms with Crippen molar-refractivity contribution < 1.29 is 14.6 Å². The van der Waals surface area contributed by atoms with Crippen LogP contribution in [0.25, 0.3) is 11.4 Å². The highest BCUT2D eigenvalue weighted by molar-refractivity contribution is 5.87. The summed E-state index contributed by atoms with van der Waals surface area (Å²) in [6, 6.07) is 9.19. The largest absolute Gasteiger partial charge is 0.494 e. The van der Waals surface area contributed by atoms with Crippen LogP contribution in [0.3, 0.4) is 0 Å². The summed E-state index contributed by atoms with van der Waals surface area (Å²) in [6.07, 6.45) is 2.17. The Labute approximate surface area is 128 Å². The van der Waals surface area contributed by atoms with Gasteiger partial charge in [-0.1, -0.05) is 12.1 Å². The third kappa shape index (κ3) is 3.33. The van der Waals surface area contributed by atoms with Gasteiger partial charge in [-0.2, -0.15) is 0 Å². The van der Waals surface area contributed by atoms with Gasteiger partial charge >= 0.3 is 5.97 Å². The normalized spacial score (nSPS) is 13.7. The molecule has 0 aliphatic heterocycles. The molecule has 2 N–H and O–H groups in total. The summed E-state index contributed by atoms with van der Waals surface area (Å²) < 4.78 is 5.46. The first kappa shape index (κ1) is 14.3. The third-order valence-corrected chi connectivity index (χ3v) is 3.28. The fraction of sp³-hybridized carbons (Fsp3) is 0.312. The number of carboxylic acids is 1. The van der Waals surface area contributed by atoms with E-state index in [1.54, 1.807) is 0 Å². The number of carboxylic acid groups (broad SMARTS) is 1. The first-order valence-electron chi connectivity index (χ1n) is 7.28. The van der Waals surface area contributed by atoms with E-state index in [9.17, 15) is 9.90 Å². The topological polar surface area (TPSA) is 84.3 Å². The number of carbonyl (C=O) groups is 1. The van der Waals surface area contributed by atoms with Crippen molar-refractivity contribution in [3.8, 4) is 17.1 Å². The minimum atomic E-state index is -1.07. The van der Waals surface area contributed by atoms with Gasteiger partial charge < -0.3 is 15.2 Å². The molecule has 2 aromatic rings. The summed E-state index contributed by atoms with van der Waals surface area (Å²) >= 11 is 0. The van der Waals surface area contributed by atoms with Crippen molar-refractivity contribution in [2.75, 3.05) is 11.9 Å². The molecule has 1 aliphatic rings. The monoisotopic (exact) mass is 299 g/mol. The van der Waals surface area contributed by atoms with Crippen LogP contribution < -0.4 is 10.1 Å². The summed E-state index contributed by atoms with van der Waals surface area (Å²) in [4.78, 5) is 19.8. The molecule has 6 heteroatoms. The SMILES string of the molecule is CCOc1cccc(-c2nc(NC3CC3)cc(C(=O)O)n2)c1. The number of anilines is 1. The molecule has 0 amide bonds. The lowest BCUT2D eigenvalue weighted by molar-refractivity contribution is 0.0690. The molecule has 6 nitrogen and oxygen atoms in total. The standard InChI is InChI=1S/C16H17N3O3/c1-2-22-12-5-3-4-10(8-12)15-18-13(16(20)21)9-14(19-15)17-11-6-7-11/h3-5,8-9,11H,2,6-7H2,1H3,(H,20,21)(H,17,18,19). The second-order valence-electron chi connectivity index (χ2n) is 5.15. The van der Waals surface area contributed by atoms with Crippen molar-refractivity contribution in [1.29, 1.82) is 0 Å². The molecule has 3 rings (SSSR count). The number of aromatic carboxylic acids is 1. The molecule has 1 aromatic heterocycles. The lowest BCUT2D eigenvalue weighted by Crippen LogP contribution is -2.09. The van der Waals surface area contributed by atoms with E-state index in [1.807, 2.05) is 31.2 Å². The maximum absolute atomic E-state index is 11.3. The molecule has 0 radical (unpaired) electrons. The van der Waals surface area contributed by atoms with E-state index < -0.39 is 5.97 Å². The Balaban J connectivity index is 1.98. The zero-order valence-corrected chi connectivity index (χ0v) is 12.2. The first-order chi connectivity index (χ1) is 10.7. The Morgan fingerprint density at radius 1 is 1.36 bits per heavy atom. The molecule has 1 aliphatic carbocycles. The molecule has 0 unspecified atom stereocenters. The quantitative estimate of drug-likeness (QED) is 0.853. The van der Waals surface area contributed by atoms with Crippen LogP contribution in [0.4, 0.5) is 5.82 Å². The summed E-state index contributed by atoms with van der Waals surface area (Å²) in [5, 5.41) is 12.4. The Morgan fingerprint density at radius 3 is 2.86 bits per heavy atom. The number of nitrogens with one attached hydrogen (secondary N) is 1. The van der Waals surface area contributed by atoms with E-state index in [2.05, 4.69) is 15.3 Å². The van der Waals surface area contributed by atoms with Crippen LogP contribution >= 0.6 is 0 Å². The van der Waals surface area contributed by atoms with E-state index in [0.717, 1.165) is 18.4 Å². The molecule has 1 heterocycles. The van der Waals surface area contributed by atoms with Crippen molar-refractivity contribution in [2.24, 2.45) is 0 Å². The second-order valence-corrected chi connectivity index (χ2v) is 5.15. The number of ether oxygens (including phenoxy) is 1. The van der Waals surface area contributed by atoms with Gasteiger partial charge in [0.2, 0.25) is 0 Å². The van der Waals surface area contributed by atoms with E-state index in [1.165, 1.54) is 6.07 Å². The van der Waals surface area contributed by atoms with Crippen LogP contribution in [0, 0.1) is 0 Å². The van der Waals surface area contributed by atoms with Crippen LogP contribution in [-0.4, -0.2) is 33.7 Å². The van der Waals surface area contributed by atoms with E-state index in [4.69, 9.17) is 4.74 Å². The molecule has 22 heavy (non-hydrogen) atoms. The third-order valence-electron chi connectivity index (χ3n) is 3.28. The van der Waals surface area contributed by atoms with Crippen molar-refractivity contribution in [1.82, 2.24) is 9.97 Å². The van der Waals surface area contributed by atoms with Gasteiger partial charge in [0, 0.05) is 17.7 Å². The van der Waals surface area contributed by atoms with Gasteiger partial charge in [-0.3, -0.25) is 0 Å². The summed E-state index contributed by atoms with van der Waals surface area (Å²) in [7, 11) is 0. The van der Waals surface area contributed by atoms with Gasteiger partial charge in [0.1, 0.15) is 11.6 Å². The van der Waals surface area contributed by atoms with Crippen molar-refractivity contribution in [3.05, 3.63) is 36.0 Å². The average molecular weight is 299 g/mol. The Kier molecular flexibility index (Phi) is 3.91. The van der Waals surface area contributed by atoms with E-state index in [0.29, 0.717) is 30.0 Å². The molecule has 1 aromatic carbocycles. The number of rotatable bonds is 6. The van der Waals surface area contributed by atoms with E-state index >= 15 is 0 Å². The van der Waals surface area contributed by atoms with Crippen molar-refractivity contribution in [2.45, 2.75) is 25.8 Å². The second kappa shape index (κ2) is 6.01. The van der Waals surface area contributed by atoms with Crippen molar-refractivity contribution >= 4 is 11.8 Å². The summed E-state index contributed by atoms with van der Waals surface area (Å²) in [5.41, 5.74) is 0.711. The highest BCUT2D eigenvalue weighted by Crippen LogP contribution is 2.26. The van der Waals surface area contributed by atoms with Gasteiger partial charge in [0.25, 0.3) is 0 Å². The number of hydrogen-bond donors (Lipinski definition) is 2. The Bertz CT molecular complexity index is 699. The number of nitrogens with zero attached hydrogens (tertiary/aromatic N) is 2.